The second kappa shape index (κ2) is 6.50. The smallest absolute Gasteiger partial charge is 0.0410 e. The van der Waals surface area contributed by atoms with Crippen LogP contribution in [-0.2, 0) is 6.42 Å². The van der Waals surface area contributed by atoms with E-state index in [0.717, 1.165) is 37.6 Å². The predicted octanol–water partition coefficient (Wildman–Crippen LogP) is 3.65. The first kappa shape index (κ1) is 14.4. The van der Waals surface area contributed by atoms with E-state index >= 15 is 0 Å². The number of hydrogen-bond donors (Lipinski definition) is 1. The van der Waals surface area contributed by atoms with Gasteiger partial charge < -0.3 is 10.2 Å². The van der Waals surface area contributed by atoms with E-state index in [1.54, 1.807) is 0 Å². The molecule has 0 saturated carbocycles. The van der Waals surface area contributed by atoms with Crippen LogP contribution < -0.4 is 10.2 Å². The number of benzene rings is 2. The molecule has 0 aliphatic carbocycles. The maximum atomic E-state index is 6.22. The van der Waals surface area contributed by atoms with Gasteiger partial charge in [0.25, 0.3) is 0 Å². The molecule has 0 radical (unpaired) electrons. The summed E-state index contributed by atoms with van der Waals surface area (Å²) in [5, 5.41) is 4.22. The molecule has 1 aliphatic heterocycles. The zero-order chi connectivity index (χ0) is 14.7. The highest BCUT2D eigenvalue weighted by molar-refractivity contribution is 6.30. The van der Waals surface area contributed by atoms with E-state index in [9.17, 15) is 0 Å². The summed E-state index contributed by atoms with van der Waals surface area (Å²) in [6, 6.07) is 15.0. The molecule has 110 valence electrons. The van der Waals surface area contributed by atoms with Crippen molar-refractivity contribution < 1.29 is 0 Å². The van der Waals surface area contributed by atoms with E-state index in [4.69, 9.17) is 11.6 Å². The summed E-state index contributed by atoms with van der Waals surface area (Å²) in [4.78, 5) is 2.45. The van der Waals surface area contributed by atoms with Crippen molar-refractivity contribution in [2.24, 2.45) is 0 Å². The molecule has 3 heteroatoms. The monoisotopic (exact) mass is 300 g/mol. The van der Waals surface area contributed by atoms with Gasteiger partial charge in [-0.25, -0.2) is 0 Å². The molecule has 0 spiro atoms. The van der Waals surface area contributed by atoms with E-state index in [-0.39, 0.29) is 0 Å². The molecule has 2 aromatic rings. The number of nitrogens with one attached hydrogen (secondary N) is 1. The van der Waals surface area contributed by atoms with Gasteiger partial charge in [0, 0.05) is 36.9 Å². The van der Waals surface area contributed by atoms with E-state index in [0.29, 0.717) is 0 Å². The third-order valence-electron chi connectivity index (χ3n) is 4.01. The van der Waals surface area contributed by atoms with Gasteiger partial charge in [0.15, 0.2) is 0 Å². The zero-order valence-corrected chi connectivity index (χ0v) is 13.2. The van der Waals surface area contributed by atoms with E-state index in [1.807, 2.05) is 6.07 Å². The summed E-state index contributed by atoms with van der Waals surface area (Å²) in [5.74, 6) is 0. The Labute approximate surface area is 131 Å². The van der Waals surface area contributed by atoms with Crippen molar-refractivity contribution in [1.29, 1.82) is 0 Å². The van der Waals surface area contributed by atoms with Gasteiger partial charge in [0.1, 0.15) is 0 Å². The lowest BCUT2D eigenvalue weighted by atomic mass is 10.0. The number of hydrogen-bond acceptors (Lipinski definition) is 2. The SMILES string of the molecule is Cc1ccc(Cc2cc(Cl)ccc2N2CCNCC2)cc1. The summed E-state index contributed by atoms with van der Waals surface area (Å²) in [5.41, 5.74) is 5.26. The topological polar surface area (TPSA) is 15.3 Å². The Kier molecular flexibility index (Phi) is 4.47. The van der Waals surface area contributed by atoms with Crippen LogP contribution in [0.3, 0.4) is 0 Å². The third-order valence-corrected chi connectivity index (χ3v) is 4.25. The molecular formula is C18H21ClN2. The summed E-state index contributed by atoms with van der Waals surface area (Å²) in [6.07, 6.45) is 0.931. The van der Waals surface area contributed by atoms with E-state index in [2.05, 4.69) is 53.5 Å². The number of piperazine rings is 1. The van der Waals surface area contributed by atoms with Gasteiger partial charge in [-0.1, -0.05) is 41.4 Å². The van der Waals surface area contributed by atoms with Crippen LogP contribution in [0.25, 0.3) is 0 Å². The lowest BCUT2D eigenvalue weighted by molar-refractivity contribution is 0.588. The Hall–Kier alpha value is -1.51. The lowest BCUT2D eigenvalue weighted by Gasteiger charge is -2.31. The van der Waals surface area contributed by atoms with Crippen LogP contribution in [0.4, 0.5) is 5.69 Å². The van der Waals surface area contributed by atoms with Crippen molar-refractivity contribution in [3.05, 3.63) is 64.2 Å². The van der Waals surface area contributed by atoms with Crippen molar-refractivity contribution in [1.82, 2.24) is 5.32 Å². The lowest BCUT2D eigenvalue weighted by Crippen LogP contribution is -2.43. The van der Waals surface area contributed by atoms with Gasteiger partial charge in [-0.3, -0.25) is 0 Å². The van der Waals surface area contributed by atoms with Gasteiger partial charge in [0.2, 0.25) is 0 Å². The molecule has 1 saturated heterocycles. The average Bonchev–Trinajstić information content (AvgIpc) is 2.51. The number of anilines is 1. The normalized spacial score (nSPS) is 15.2. The molecule has 1 aliphatic rings. The second-order valence-corrected chi connectivity index (χ2v) is 6.11. The second-order valence-electron chi connectivity index (χ2n) is 5.67. The average molecular weight is 301 g/mol. The summed E-state index contributed by atoms with van der Waals surface area (Å²) >= 11 is 6.22. The van der Waals surface area contributed by atoms with E-state index in [1.165, 1.54) is 22.4 Å². The Bertz CT molecular complexity index is 601. The Morgan fingerprint density at radius 2 is 1.76 bits per heavy atom. The Morgan fingerprint density at radius 1 is 1.05 bits per heavy atom. The number of aryl methyl sites for hydroxylation is 1. The standard InChI is InChI=1S/C18H21ClN2/c1-14-2-4-15(5-3-14)12-16-13-17(19)6-7-18(16)21-10-8-20-9-11-21/h2-7,13,20H,8-12H2,1H3. The molecule has 0 aromatic heterocycles. The van der Waals surface area contributed by atoms with Crippen LogP contribution in [0.1, 0.15) is 16.7 Å². The number of halogens is 1. The van der Waals surface area contributed by atoms with Gasteiger partial charge >= 0.3 is 0 Å². The Balaban J connectivity index is 1.88. The molecule has 0 amide bonds. The zero-order valence-electron chi connectivity index (χ0n) is 12.4. The van der Waals surface area contributed by atoms with Crippen LogP contribution >= 0.6 is 11.6 Å². The van der Waals surface area contributed by atoms with Crippen LogP contribution in [-0.4, -0.2) is 26.2 Å². The molecule has 1 N–H and O–H groups in total. The van der Waals surface area contributed by atoms with Crippen molar-refractivity contribution in [2.75, 3.05) is 31.1 Å². The summed E-state index contributed by atoms with van der Waals surface area (Å²) in [6.45, 7) is 6.33. The van der Waals surface area contributed by atoms with Crippen LogP contribution in [0.5, 0.6) is 0 Å². The quantitative estimate of drug-likeness (QED) is 0.931. The van der Waals surface area contributed by atoms with Crippen LogP contribution in [0, 0.1) is 6.92 Å². The van der Waals surface area contributed by atoms with E-state index < -0.39 is 0 Å². The minimum Gasteiger partial charge on any atom is -0.369 e. The fourth-order valence-corrected chi connectivity index (χ4v) is 3.03. The molecule has 2 nitrogen and oxygen atoms in total. The summed E-state index contributed by atoms with van der Waals surface area (Å²) < 4.78 is 0. The largest absolute Gasteiger partial charge is 0.369 e. The predicted molar refractivity (Wildman–Crippen MR) is 90.5 cm³/mol. The first-order chi connectivity index (χ1) is 10.2. The Morgan fingerprint density at radius 3 is 2.48 bits per heavy atom. The van der Waals surface area contributed by atoms with Crippen molar-refractivity contribution >= 4 is 17.3 Å². The van der Waals surface area contributed by atoms with Gasteiger partial charge in [-0.15, -0.1) is 0 Å². The van der Waals surface area contributed by atoms with Gasteiger partial charge in [0.05, 0.1) is 0 Å². The molecule has 1 heterocycles. The maximum absolute atomic E-state index is 6.22. The third kappa shape index (κ3) is 3.58. The van der Waals surface area contributed by atoms with Crippen molar-refractivity contribution in [3.63, 3.8) is 0 Å². The molecule has 0 unspecified atom stereocenters. The van der Waals surface area contributed by atoms with Gasteiger partial charge in [-0.05, 0) is 42.7 Å². The van der Waals surface area contributed by atoms with Crippen molar-refractivity contribution in [2.45, 2.75) is 13.3 Å². The maximum Gasteiger partial charge on any atom is 0.0410 e. The van der Waals surface area contributed by atoms with Crippen LogP contribution in [0.2, 0.25) is 5.02 Å². The molecule has 21 heavy (non-hydrogen) atoms. The highest BCUT2D eigenvalue weighted by Crippen LogP contribution is 2.27. The highest BCUT2D eigenvalue weighted by atomic mass is 35.5. The first-order valence-corrected chi connectivity index (χ1v) is 7.90. The minimum atomic E-state index is 0.816. The fraction of sp³-hybridized carbons (Fsp3) is 0.333. The molecule has 0 atom stereocenters. The van der Waals surface area contributed by atoms with Crippen molar-refractivity contribution in [3.8, 4) is 0 Å². The summed E-state index contributed by atoms with van der Waals surface area (Å²) in [7, 11) is 0. The molecule has 3 rings (SSSR count). The minimum absolute atomic E-state index is 0.816. The molecular weight excluding hydrogens is 280 g/mol. The van der Waals surface area contributed by atoms with Gasteiger partial charge in [-0.2, -0.15) is 0 Å². The first-order valence-electron chi connectivity index (χ1n) is 7.52. The highest BCUT2D eigenvalue weighted by Gasteiger charge is 2.14. The molecule has 1 fully saturated rings. The molecule has 0 bridgehead atoms. The number of rotatable bonds is 3. The number of nitrogens with zero attached hydrogens (tertiary/aromatic N) is 1. The fourth-order valence-electron chi connectivity index (χ4n) is 2.84. The molecule has 2 aromatic carbocycles. The van der Waals surface area contributed by atoms with Crippen LogP contribution in [0.15, 0.2) is 42.5 Å².